The largest absolute Gasteiger partial charge is 0.468 e. The number of benzene rings is 1. The molecule has 1 aromatic heterocycles. The van der Waals surface area contributed by atoms with E-state index < -0.39 is 0 Å². The van der Waals surface area contributed by atoms with E-state index in [2.05, 4.69) is 10.6 Å². The van der Waals surface area contributed by atoms with Gasteiger partial charge in [0.25, 0.3) is 0 Å². The predicted molar refractivity (Wildman–Crippen MR) is 78.4 cm³/mol. The molecule has 1 heterocycles. The lowest BCUT2D eigenvalue weighted by atomic mass is 10.2. The van der Waals surface area contributed by atoms with Crippen molar-refractivity contribution in [3.63, 3.8) is 0 Å². The van der Waals surface area contributed by atoms with E-state index in [-0.39, 0.29) is 18.5 Å². The van der Waals surface area contributed by atoms with Crippen LogP contribution in [0.5, 0.6) is 0 Å². The lowest BCUT2D eigenvalue weighted by Gasteiger charge is -2.11. The van der Waals surface area contributed by atoms with E-state index in [1.165, 1.54) is 0 Å². The molecule has 1 atom stereocenters. The number of furan rings is 1. The third-order valence-electron chi connectivity index (χ3n) is 2.97. The minimum Gasteiger partial charge on any atom is -0.468 e. The summed E-state index contributed by atoms with van der Waals surface area (Å²) in [5, 5.41) is 6.58. The third kappa shape index (κ3) is 4.11. The number of carbonyl (C=O) groups excluding carboxylic acids is 1. The molecular weight excluding hydrogens is 276 g/mol. The van der Waals surface area contributed by atoms with Crippen molar-refractivity contribution in [2.75, 3.05) is 6.54 Å². The molecule has 20 heavy (non-hydrogen) atoms. The second-order valence-electron chi connectivity index (χ2n) is 4.49. The van der Waals surface area contributed by atoms with Crippen LogP contribution in [0, 0.1) is 0 Å². The Bertz CT molecular complexity index is 555. The first-order chi connectivity index (χ1) is 9.66. The maximum Gasteiger partial charge on any atom is 0.234 e. The SMILES string of the molecule is C[C@@H](NCC(=O)NCc1ccccc1Cl)c1ccco1. The minimum atomic E-state index is -0.0803. The molecule has 5 heteroatoms. The van der Waals surface area contributed by atoms with Gasteiger partial charge in [0.1, 0.15) is 5.76 Å². The van der Waals surface area contributed by atoms with Gasteiger partial charge in [0, 0.05) is 11.6 Å². The van der Waals surface area contributed by atoms with Gasteiger partial charge in [-0.3, -0.25) is 10.1 Å². The number of halogens is 1. The summed E-state index contributed by atoms with van der Waals surface area (Å²) in [6.45, 7) is 2.60. The van der Waals surface area contributed by atoms with Gasteiger partial charge in [-0.15, -0.1) is 0 Å². The molecule has 0 saturated heterocycles. The predicted octanol–water partition coefficient (Wildman–Crippen LogP) is 2.90. The van der Waals surface area contributed by atoms with Crippen LogP contribution in [0.2, 0.25) is 5.02 Å². The molecule has 0 bridgehead atoms. The summed E-state index contributed by atoms with van der Waals surface area (Å²) in [6, 6.07) is 11.1. The van der Waals surface area contributed by atoms with Crippen LogP contribution in [0.3, 0.4) is 0 Å². The number of rotatable bonds is 6. The first-order valence-corrected chi connectivity index (χ1v) is 6.81. The Morgan fingerprint density at radius 3 is 2.80 bits per heavy atom. The first kappa shape index (κ1) is 14.6. The number of hydrogen-bond donors (Lipinski definition) is 2. The van der Waals surface area contributed by atoms with E-state index in [4.69, 9.17) is 16.0 Å². The molecule has 2 aromatic rings. The van der Waals surface area contributed by atoms with Crippen molar-refractivity contribution in [3.8, 4) is 0 Å². The molecular formula is C15H17ClN2O2. The average molecular weight is 293 g/mol. The average Bonchev–Trinajstić information content (AvgIpc) is 2.98. The molecule has 4 nitrogen and oxygen atoms in total. The molecule has 0 fully saturated rings. The fourth-order valence-corrected chi connectivity index (χ4v) is 1.98. The zero-order valence-electron chi connectivity index (χ0n) is 11.2. The highest BCUT2D eigenvalue weighted by Gasteiger charge is 2.09. The molecule has 0 saturated carbocycles. The quantitative estimate of drug-likeness (QED) is 0.861. The van der Waals surface area contributed by atoms with E-state index in [0.29, 0.717) is 11.6 Å². The van der Waals surface area contributed by atoms with Crippen molar-refractivity contribution in [3.05, 3.63) is 59.0 Å². The summed E-state index contributed by atoms with van der Waals surface area (Å²) < 4.78 is 5.26. The number of hydrogen-bond acceptors (Lipinski definition) is 3. The number of amides is 1. The Morgan fingerprint density at radius 1 is 1.30 bits per heavy atom. The summed E-state index contributed by atoms with van der Waals surface area (Å²) >= 11 is 6.02. The van der Waals surface area contributed by atoms with Gasteiger partial charge in [0.2, 0.25) is 5.91 Å². The maximum atomic E-state index is 11.8. The summed E-state index contributed by atoms with van der Waals surface area (Å²) in [6.07, 6.45) is 1.62. The van der Waals surface area contributed by atoms with Crippen LogP contribution in [0.25, 0.3) is 0 Å². The van der Waals surface area contributed by atoms with Gasteiger partial charge >= 0.3 is 0 Å². The maximum absolute atomic E-state index is 11.8. The summed E-state index contributed by atoms with van der Waals surface area (Å²) in [7, 11) is 0. The molecule has 0 aliphatic heterocycles. The van der Waals surface area contributed by atoms with Crippen LogP contribution < -0.4 is 10.6 Å². The van der Waals surface area contributed by atoms with E-state index in [0.717, 1.165) is 11.3 Å². The van der Waals surface area contributed by atoms with Gasteiger partial charge in [0.15, 0.2) is 0 Å². The van der Waals surface area contributed by atoms with Gasteiger partial charge in [0.05, 0.1) is 18.8 Å². The van der Waals surface area contributed by atoms with Gasteiger partial charge in [-0.05, 0) is 30.7 Å². The second-order valence-corrected chi connectivity index (χ2v) is 4.89. The molecule has 0 aliphatic carbocycles. The molecule has 0 spiro atoms. The summed E-state index contributed by atoms with van der Waals surface area (Å²) in [5.74, 6) is 0.729. The van der Waals surface area contributed by atoms with E-state index in [1.54, 1.807) is 12.3 Å². The molecule has 1 aromatic carbocycles. The van der Waals surface area contributed by atoms with Crippen LogP contribution in [0.4, 0.5) is 0 Å². The molecule has 1 amide bonds. The third-order valence-corrected chi connectivity index (χ3v) is 3.34. The summed E-state index contributed by atoms with van der Waals surface area (Å²) in [5.41, 5.74) is 0.904. The molecule has 2 N–H and O–H groups in total. The van der Waals surface area contributed by atoms with Crippen molar-refractivity contribution in [2.45, 2.75) is 19.5 Å². The smallest absolute Gasteiger partial charge is 0.234 e. The standard InChI is InChI=1S/C15H17ClN2O2/c1-11(14-7-4-8-20-14)17-10-15(19)18-9-12-5-2-3-6-13(12)16/h2-8,11,17H,9-10H2,1H3,(H,18,19)/t11-/m1/s1. The van der Waals surface area contributed by atoms with Crippen molar-refractivity contribution in [2.24, 2.45) is 0 Å². The lowest BCUT2D eigenvalue weighted by Crippen LogP contribution is -2.34. The second kappa shape index (κ2) is 7.12. The summed E-state index contributed by atoms with van der Waals surface area (Å²) in [4.78, 5) is 11.8. The van der Waals surface area contributed by atoms with Crippen LogP contribution >= 0.6 is 11.6 Å². The minimum absolute atomic E-state index is 0.00365. The van der Waals surface area contributed by atoms with Crippen LogP contribution in [0.15, 0.2) is 47.1 Å². The zero-order chi connectivity index (χ0) is 14.4. The van der Waals surface area contributed by atoms with Crippen LogP contribution in [-0.4, -0.2) is 12.5 Å². The van der Waals surface area contributed by atoms with Gasteiger partial charge in [-0.1, -0.05) is 29.8 Å². The molecule has 0 aliphatic rings. The van der Waals surface area contributed by atoms with E-state index >= 15 is 0 Å². The molecule has 0 radical (unpaired) electrons. The Morgan fingerprint density at radius 2 is 2.10 bits per heavy atom. The fourth-order valence-electron chi connectivity index (χ4n) is 1.78. The molecule has 2 rings (SSSR count). The van der Waals surface area contributed by atoms with Crippen molar-refractivity contribution < 1.29 is 9.21 Å². The molecule has 106 valence electrons. The first-order valence-electron chi connectivity index (χ1n) is 6.43. The van der Waals surface area contributed by atoms with Gasteiger partial charge in [-0.25, -0.2) is 0 Å². The zero-order valence-corrected chi connectivity index (χ0v) is 12.0. The van der Waals surface area contributed by atoms with Crippen LogP contribution in [0.1, 0.15) is 24.3 Å². The van der Waals surface area contributed by atoms with E-state index in [1.807, 2.05) is 37.3 Å². The van der Waals surface area contributed by atoms with Crippen molar-refractivity contribution in [1.82, 2.24) is 10.6 Å². The topological polar surface area (TPSA) is 54.3 Å². The monoisotopic (exact) mass is 292 g/mol. The number of nitrogens with one attached hydrogen (secondary N) is 2. The Hall–Kier alpha value is -1.78. The van der Waals surface area contributed by atoms with Crippen molar-refractivity contribution >= 4 is 17.5 Å². The number of carbonyl (C=O) groups is 1. The van der Waals surface area contributed by atoms with E-state index in [9.17, 15) is 4.79 Å². The highest BCUT2D eigenvalue weighted by atomic mass is 35.5. The Balaban J connectivity index is 1.75. The lowest BCUT2D eigenvalue weighted by molar-refractivity contribution is -0.120. The van der Waals surface area contributed by atoms with Crippen molar-refractivity contribution in [1.29, 1.82) is 0 Å². The highest BCUT2D eigenvalue weighted by molar-refractivity contribution is 6.31. The van der Waals surface area contributed by atoms with Gasteiger partial charge in [-0.2, -0.15) is 0 Å². The fraction of sp³-hybridized carbons (Fsp3) is 0.267. The van der Waals surface area contributed by atoms with Gasteiger partial charge < -0.3 is 9.73 Å². The highest BCUT2D eigenvalue weighted by Crippen LogP contribution is 2.14. The normalized spacial score (nSPS) is 12.1. The Labute approximate surface area is 123 Å². The van der Waals surface area contributed by atoms with Crippen LogP contribution in [-0.2, 0) is 11.3 Å². The molecule has 0 unspecified atom stereocenters. The Kier molecular flexibility index (Phi) is 5.21.